The smallest absolute Gasteiger partial charge is 0.264 e. The molecule has 1 aliphatic heterocycles. The van der Waals surface area contributed by atoms with Crippen molar-refractivity contribution in [2.75, 3.05) is 13.2 Å². The Balaban J connectivity index is 1.69. The van der Waals surface area contributed by atoms with E-state index in [0.717, 1.165) is 11.1 Å². The van der Waals surface area contributed by atoms with Gasteiger partial charge in [0.2, 0.25) is 0 Å². The number of aryl methyl sites for hydroxylation is 1. The minimum atomic E-state index is -1.62. The molecule has 3 rings (SSSR count). The molecule has 1 aliphatic rings. The van der Waals surface area contributed by atoms with Gasteiger partial charge in [0.1, 0.15) is 35.2 Å². The second-order valence-electron chi connectivity index (χ2n) is 6.72. The van der Waals surface area contributed by atoms with Gasteiger partial charge in [-0.3, -0.25) is 10.0 Å². The zero-order chi connectivity index (χ0) is 21.0. The van der Waals surface area contributed by atoms with Crippen molar-refractivity contribution in [3.63, 3.8) is 0 Å². The second-order valence-corrected chi connectivity index (χ2v) is 8.16. The van der Waals surface area contributed by atoms with Crippen LogP contribution in [0.3, 0.4) is 0 Å². The number of benzene rings is 2. The summed E-state index contributed by atoms with van der Waals surface area (Å²) in [4.78, 5) is 12.5. The Kier molecular flexibility index (Phi) is 6.96. The molecule has 29 heavy (non-hydrogen) atoms. The van der Waals surface area contributed by atoms with Crippen LogP contribution in [0, 0.1) is 12.7 Å². The number of hydrogen-bond acceptors (Lipinski definition) is 5. The van der Waals surface area contributed by atoms with Crippen molar-refractivity contribution in [3.8, 4) is 5.75 Å². The third-order valence-corrected chi connectivity index (χ3v) is 6.28. The quantitative estimate of drug-likeness (QED) is 0.551. The summed E-state index contributed by atoms with van der Waals surface area (Å²) >= 11 is 0. The minimum Gasteiger partial charge on any atom is -0.489 e. The molecule has 0 bridgehead atoms. The van der Waals surface area contributed by atoms with E-state index in [9.17, 15) is 13.4 Å². The highest BCUT2D eigenvalue weighted by Gasteiger charge is 2.38. The molecule has 3 atom stereocenters. The molecule has 0 spiro atoms. The fourth-order valence-electron chi connectivity index (χ4n) is 3.13. The number of nitrogens with zero attached hydrogens (tertiary/aromatic N) is 1. The number of carbonyl (C=O) groups is 1. The lowest BCUT2D eigenvalue weighted by atomic mass is 10.1. The molecule has 1 heterocycles. The number of hydrogen-bond donors (Lipinski definition) is 2. The van der Waals surface area contributed by atoms with Crippen LogP contribution in [0.15, 0.2) is 47.4 Å². The molecule has 1 amide bonds. The van der Waals surface area contributed by atoms with E-state index in [1.165, 1.54) is 16.4 Å². The van der Waals surface area contributed by atoms with Gasteiger partial charge in [0.25, 0.3) is 5.91 Å². The number of carbonyl (C=O) groups excluding carboxylic acids is 1. The Labute approximate surface area is 171 Å². The molecule has 0 aromatic heterocycles. The number of rotatable bonds is 6. The summed E-state index contributed by atoms with van der Waals surface area (Å²) < 4.78 is 39.0. The summed E-state index contributed by atoms with van der Waals surface area (Å²) in [6, 6.07) is 10.3. The molecule has 1 saturated heterocycles. The van der Waals surface area contributed by atoms with Crippen molar-refractivity contribution in [3.05, 3.63) is 59.4 Å². The van der Waals surface area contributed by atoms with E-state index in [-0.39, 0.29) is 19.0 Å². The first-order valence-corrected chi connectivity index (χ1v) is 10.2. The molecule has 0 aliphatic carbocycles. The van der Waals surface area contributed by atoms with E-state index in [2.05, 4.69) is 0 Å². The average molecular weight is 422 g/mol. The molecule has 1 fully saturated rings. The van der Waals surface area contributed by atoms with Gasteiger partial charge in [0.05, 0.1) is 17.6 Å². The predicted molar refractivity (Wildman–Crippen MR) is 104 cm³/mol. The molecular weight excluding hydrogens is 399 g/mol. The van der Waals surface area contributed by atoms with E-state index in [1.54, 1.807) is 42.7 Å². The molecule has 2 N–H and O–H groups in total. The summed E-state index contributed by atoms with van der Waals surface area (Å²) in [7, 11) is -1.62. The van der Waals surface area contributed by atoms with Crippen molar-refractivity contribution in [1.82, 2.24) is 9.79 Å². The van der Waals surface area contributed by atoms with Crippen LogP contribution >= 0.6 is 0 Å². The molecule has 2 aromatic carbocycles. The van der Waals surface area contributed by atoms with Gasteiger partial charge in [-0.25, -0.2) is 18.4 Å². The van der Waals surface area contributed by atoms with Crippen LogP contribution in [-0.4, -0.2) is 44.9 Å². The number of morpholine rings is 1. The van der Waals surface area contributed by atoms with E-state index < -0.39 is 29.0 Å². The Bertz CT molecular complexity index is 893. The maximum Gasteiger partial charge on any atom is 0.264 e. The van der Waals surface area contributed by atoms with Crippen molar-refractivity contribution in [1.29, 1.82) is 0 Å². The Morgan fingerprint density at radius 1 is 1.34 bits per heavy atom. The van der Waals surface area contributed by atoms with Crippen LogP contribution in [0.1, 0.15) is 18.1 Å². The van der Waals surface area contributed by atoms with Crippen LogP contribution < -0.4 is 10.2 Å². The third-order valence-electron chi connectivity index (χ3n) is 4.77. The molecular formula is C20H23FN2O5S. The SMILES string of the molecule is Cc1ccc(F)cc1COc1ccc(S(=O)N2CCOC(C)[C@@H]2C(=O)NO)cc1. The highest BCUT2D eigenvalue weighted by Crippen LogP contribution is 2.23. The molecule has 9 heteroatoms. The van der Waals surface area contributed by atoms with Crippen molar-refractivity contribution in [2.24, 2.45) is 0 Å². The predicted octanol–water partition coefficient (Wildman–Crippen LogP) is 2.33. The maximum absolute atomic E-state index is 13.4. The van der Waals surface area contributed by atoms with E-state index in [0.29, 0.717) is 17.3 Å². The highest BCUT2D eigenvalue weighted by atomic mass is 32.2. The highest BCUT2D eigenvalue weighted by molar-refractivity contribution is 7.82. The van der Waals surface area contributed by atoms with Gasteiger partial charge in [-0.15, -0.1) is 0 Å². The van der Waals surface area contributed by atoms with Crippen molar-refractivity contribution in [2.45, 2.75) is 37.5 Å². The van der Waals surface area contributed by atoms with Crippen LogP contribution in [0.2, 0.25) is 0 Å². The van der Waals surface area contributed by atoms with E-state index >= 15 is 0 Å². The van der Waals surface area contributed by atoms with Gasteiger partial charge in [0.15, 0.2) is 0 Å². The largest absolute Gasteiger partial charge is 0.489 e. The summed E-state index contributed by atoms with van der Waals surface area (Å²) in [5, 5.41) is 8.98. The first-order valence-electron chi connectivity index (χ1n) is 9.12. The Morgan fingerprint density at radius 2 is 2.07 bits per heavy atom. The van der Waals surface area contributed by atoms with Gasteiger partial charge in [-0.2, -0.15) is 0 Å². The molecule has 2 unspecified atom stereocenters. The van der Waals surface area contributed by atoms with Gasteiger partial charge < -0.3 is 9.47 Å². The minimum absolute atomic E-state index is 0.214. The number of amides is 1. The number of nitrogens with one attached hydrogen (secondary N) is 1. The normalized spacial score (nSPS) is 20.8. The van der Waals surface area contributed by atoms with Crippen molar-refractivity contribution < 1.29 is 28.1 Å². The van der Waals surface area contributed by atoms with E-state index in [4.69, 9.17) is 14.7 Å². The number of halogens is 1. The topological polar surface area (TPSA) is 88.1 Å². The van der Waals surface area contributed by atoms with Gasteiger partial charge in [0, 0.05) is 6.54 Å². The lowest BCUT2D eigenvalue weighted by Crippen LogP contribution is -2.57. The van der Waals surface area contributed by atoms with Gasteiger partial charge in [-0.1, -0.05) is 6.07 Å². The fourth-order valence-corrected chi connectivity index (χ4v) is 4.49. The lowest BCUT2D eigenvalue weighted by Gasteiger charge is -2.36. The molecule has 7 nitrogen and oxygen atoms in total. The second kappa shape index (κ2) is 9.45. The first kappa shape index (κ1) is 21.4. The van der Waals surface area contributed by atoms with Crippen LogP contribution in [0.4, 0.5) is 4.39 Å². The number of hydroxylamine groups is 1. The van der Waals surface area contributed by atoms with Crippen LogP contribution in [-0.2, 0) is 27.1 Å². The van der Waals surface area contributed by atoms with Crippen molar-refractivity contribution >= 4 is 16.9 Å². The zero-order valence-electron chi connectivity index (χ0n) is 16.1. The Hall–Kier alpha value is -2.33. The summed E-state index contributed by atoms with van der Waals surface area (Å²) in [5.41, 5.74) is 3.29. The summed E-state index contributed by atoms with van der Waals surface area (Å²) in [5.74, 6) is -0.438. The molecule has 156 valence electrons. The zero-order valence-corrected chi connectivity index (χ0v) is 16.9. The lowest BCUT2D eigenvalue weighted by molar-refractivity contribution is -0.141. The molecule has 0 radical (unpaired) electrons. The average Bonchev–Trinajstić information content (AvgIpc) is 2.73. The fraction of sp³-hybridized carbons (Fsp3) is 0.350. The van der Waals surface area contributed by atoms with E-state index in [1.807, 2.05) is 6.92 Å². The van der Waals surface area contributed by atoms with Gasteiger partial charge >= 0.3 is 0 Å². The van der Waals surface area contributed by atoms with Crippen LogP contribution in [0.5, 0.6) is 5.75 Å². The molecule has 2 aromatic rings. The standard InChI is InChI=1S/C20H23FN2O5S/c1-13-3-4-16(21)11-15(13)12-28-17-5-7-18(8-6-17)29(26)23-9-10-27-14(2)19(23)20(24)22-25/h3-8,11,14,19,25H,9-10,12H2,1-2H3,(H,22,24)/t14?,19-,29?/m1/s1. The van der Waals surface area contributed by atoms with Crippen LogP contribution in [0.25, 0.3) is 0 Å². The number of ether oxygens (including phenoxy) is 2. The first-order chi connectivity index (χ1) is 13.9. The third kappa shape index (κ3) is 4.99. The maximum atomic E-state index is 13.4. The Morgan fingerprint density at radius 3 is 2.76 bits per heavy atom. The summed E-state index contributed by atoms with van der Waals surface area (Å²) in [6.45, 7) is 4.40. The molecule has 0 saturated carbocycles. The monoisotopic (exact) mass is 422 g/mol. The van der Waals surface area contributed by atoms with Gasteiger partial charge in [-0.05, 0) is 61.4 Å². The summed E-state index contributed by atoms with van der Waals surface area (Å²) in [6.07, 6.45) is -0.517.